The number of benzene rings is 2. The Balaban J connectivity index is 1.55. The van der Waals surface area contributed by atoms with Gasteiger partial charge in [0, 0.05) is 12.4 Å². The van der Waals surface area contributed by atoms with E-state index in [1.807, 2.05) is 43.4 Å². The number of furan rings is 1. The first-order valence-corrected chi connectivity index (χ1v) is 9.16. The number of anilines is 1. The molecule has 0 spiro atoms. The third-order valence-electron chi connectivity index (χ3n) is 4.82. The first kappa shape index (κ1) is 16.6. The van der Waals surface area contributed by atoms with Crippen molar-refractivity contribution in [2.75, 3.05) is 25.2 Å². The normalized spacial score (nSPS) is 12.9. The van der Waals surface area contributed by atoms with Crippen LogP contribution >= 0.6 is 0 Å². The van der Waals surface area contributed by atoms with Gasteiger partial charge < -0.3 is 18.8 Å². The Bertz CT molecular complexity index is 1130. The summed E-state index contributed by atoms with van der Waals surface area (Å²) in [4.78, 5) is 11.0. The van der Waals surface area contributed by atoms with Crippen molar-refractivity contribution in [1.82, 2.24) is 9.97 Å². The van der Waals surface area contributed by atoms with Gasteiger partial charge in [-0.1, -0.05) is 12.1 Å². The summed E-state index contributed by atoms with van der Waals surface area (Å²) >= 11 is 0. The molecule has 1 aliphatic heterocycles. The topological polar surface area (TPSA) is 60.6 Å². The lowest BCUT2D eigenvalue weighted by molar-refractivity contribution is 0.171. The second-order valence-electron chi connectivity index (χ2n) is 6.72. The van der Waals surface area contributed by atoms with Gasteiger partial charge in [-0.25, -0.2) is 9.97 Å². The molecule has 1 aliphatic rings. The largest absolute Gasteiger partial charge is 0.486 e. The van der Waals surface area contributed by atoms with Crippen molar-refractivity contribution in [3.05, 3.63) is 66.9 Å². The Morgan fingerprint density at radius 3 is 2.61 bits per heavy atom. The number of rotatable bonds is 4. The molecular formula is C22H19N3O3. The first-order valence-electron chi connectivity index (χ1n) is 9.16. The van der Waals surface area contributed by atoms with Crippen molar-refractivity contribution in [2.45, 2.75) is 6.54 Å². The highest BCUT2D eigenvalue weighted by molar-refractivity contribution is 5.93. The summed E-state index contributed by atoms with van der Waals surface area (Å²) in [5.74, 6) is 3.32. The average Bonchev–Trinajstić information content (AvgIpc) is 3.25. The number of nitrogens with zero attached hydrogens (tertiary/aromatic N) is 3. The molecule has 3 heterocycles. The molecule has 0 saturated carbocycles. The van der Waals surface area contributed by atoms with Crippen molar-refractivity contribution in [3.63, 3.8) is 0 Å². The fraction of sp³-hybridized carbons (Fsp3) is 0.182. The van der Waals surface area contributed by atoms with Gasteiger partial charge in [-0.15, -0.1) is 0 Å². The maximum absolute atomic E-state index is 5.73. The van der Waals surface area contributed by atoms with Gasteiger partial charge >= 0.3 is 0 Å². The van der Waals surface area contributed by atoms with Gasteiger partial charge in [-0.3, -0.25) is 0 Å². The van der Waals surface area contributed by atoms with Crippen LogP contribution in [0.25, 0.3) is 22.0 Å². The van der Waals surface area contributed by atoms with E-state index in [0.29, 0.717) is 19.8 Å². The van der Waals surface area contributed by atoms with E-state index in [4.69, 9.17) is 13.9 Å². The highest BCUT2D eigenvalue weighted by atomic mass is 16.6. The Labute approximate surface area is 162 Å². The summed E-state index contributed by atoms with van der Waals surface area (Å²) in [6.07, 6.45) is 3.28. The Hall–Kier alpha value is -3.54. The molecule has 6 nitrogen and oxygen atoms in total. The molecule has 140 valence electrons. The molecule has 0 unspecified atom stereocenters. The quantitative estimate of drug-likeness (QED) is 0.532. The fourth-order valence-electron chi connectivity index (χ4n) is 3.46. The van der Waals surface area contributed by atoms with Crippen LogP contribution in [0.3, 0.4) is 0 Å². The lowest BCUT2D eigenvalue weighted by Crippen LogP contribution is -2.17. The zero-order valence-corrected chi connectivity index (χ0v) is 15.5. The molecule has 0 N–H and O–H groups in total. The van der Waals surface area contributed by atoms with Gasteiger partial charge in [0.15, 0.2) is 11.5 Å². The number of fused-ring (bicyclic) bond motifs is 2. The summed E-state index contributed by atoms with van der Waals surface area (Å²) in [7, 11) is 2.00. The summed E-state index contributed by atoms with van der Waals surface area (Å²) in [5, 5.41) is 0.990. The van der Waals surface area contributed by atoms with E-state index >= 15 is 0 Å². The summed E-state index contributed by atoms with van der Waals surface area (Å²) < 4.78 is 16.8. The van der Waals surface area contributed by atoms with E-state index in [9.17, 15) is 0 Å². The molecule has 2 aromatic heterocycles. The predicted molar refractivity (Wildman–Crippen MR) is 107 cm³/mol. The van der Waals surface area contributed by atoms with E-state index in [-0.39, 0.29) is 0 Å². The van der Waals surface area contributed by atoms with Crippen LogP contribution in [0.5, 0.6) is 11.5 Å². The SMILES string of the molecule is CN(Cc1ccco1)c1ncnc2ccc(-c3ccc4c(c3)OCCO4)cc12. The average molecular weight is 373 g/mol. The van der Waals surface area contributed by atoms with E-state index in [1.165, 1.54) is 0 Å². The molecular weight excluding hydrogens is 354 g/mol. The smallest absolute Gasteiger partial charge is 0.161 e. The van der Waals surface area contributed by atoms with Gasteiger partial charge in [-0.05, 0) is 47.5 Å². The number of hydrogen-bond acceptors (Lipinski definition) is 6. The van der Waals surface area contributed by atoms with Gasteiger partial charge in [0.25, 0.3) is 0 Å². The molecule has 28 heavy (non-hydrogen) atoms. The third-order valence-corrected chi connectivity index (χ3v) is 4.82. The summed E-state index contributed by atoms with van der Waals surface area (Å²) in [6.45, 7) is 1.79. The Morgan fingerprint density at radius 1 is 0.929 bits per heavy atom. The van der Waals surface area contributed by atoms with Crippen LogP contribution in [0.1, 0.15) is 5.76 Å². The number of hydrogen-bond donors (Lipinski definition) is 0. The summed E-state index contributed by atoms with van der Waals surface area (Å²) in [6, 6.07) is 16.1. The van der Waals surface area contributed by atoms with Crippen LogP contribution in [-0.4, -0.2) is 30.2 Å². The van der Waals surface area contributed by atoms with Crippen LogP contribution in [-0.2, 0) is 6.54 Å². The molecule has 5 rings (SSSR count). The molecule has 4 aromatic rings. The van der Waals surface area contributed by atoms with Crippen molar-refractivity contribution < 1.29 is 13.9 Å². The third kappa shape index (κ3) is 3.03. The van der Waals surface area contributed by atoms with E-state index < -0.39 is 0 Å². The maximum Gasteiger partial charge on any atom is 0.161 e. The lowest BCUT2D eigenvalue weighted by Gasteiger charge is -2.20. The van der Waals surface area contributed by atoms with Crippen LogP contribution in [0.15, 0.2) is 65.5 Å². The van der Waals surface area contributed by atoms with Gasteiger partial charge in [-0.2, -0.15) is 0 Å². The minimum absolute atomic E-state index is 0.573. The van der Waals surface area contributed by atoms with Crippen molar-refractivity contribution in [3.8, 4) is 22.6 Å². The second-order valence-corrected chi connectivity index (χ2v) is 6.72. The van der Waals surface area contributed by atoms with Crippen molar-refractivity contribution in [1.29, 1.82) is 0 Å². The van der Waals surface area contributed by atoms with Crippen LogP contribution in [0, 0.1) is 0 Å². The molecule has 0 bridgehead atoms. The van der Waals surface area contributed by atoms with Gasteiger partial charge in [0.2, 0.25) is 0 Å². The molecule has 0 amide bonds. The Kier molecular flexibility index (Phi) is 4.09. The molecule has 2 aromatic carbocycles. The molecule has 0 saturated heterocycles. The second kappa shape index (κ2) is 6.88. The highest BCUT2D eigenvalue weighted by Crippen LogP contribution is 2.36. The van der Waals surface area contributed by atoms with Gasteiger partial charge in [0.1, 0.15) is 31.1 Å². The zero-order valence-electron chi connectivity index (χ0n) is 15.5. The van der Waals surface area contributed by atoms with Crippen molar-refractivity contribution >= 4 is 16.7 Å². The molecule has 6 heteroatoms. The first-order chi connectivity index (χ1) is 13.8. The Morgan fingerprint density at radius 2 is 1.75 bits per heavy atom. The standard InChI is InChI=1S/C22H19N3O3/c1-25(13-17-3-2-8-26-17)22-18-11-15(4-6-19(18)23-14-24-22)16-5-7-20-21(12-16)28-10-9-27-20/h2-8,11-12,14H,9-10,13H2,1H3. The maximum atomic E-state index is 5.73. The minimum Gasteiger partial charge on any atom is -0.486 e. The van der Waals surface area contributed by atoms with E-state index in [1.54, 1.807) is 12.6 Å². The molecule has 0 fully saturated rings. The van der Waals surface area contributed by atoms with E-state index in [0.717, 1.165) is 45.1 Å². The highest BCUT2D eigenvalue weighted by Gasteiger charge is 2.15. The monoisotopic (exact) mass is 373 g/mol. The number of ether oxygens (including phenoxy) is 2. The minimum atomic E-state index is 0.573. The molecule has 0 atom stereocenters. The molecule has 0 aliphatic carbocycles. The van der Waals surface area contributed by atoms with E-state index in [2.05, 4.69) is 27.0 Å². The van der Waals surface area contributed by atoms with Crippen molar-refractivity contribution in [2.24, 2.45) is 0 Å². The van der Waals surface area contributed by atoms with Crippen LogP contribution < -0.4 is 14.4 Å². The van der Waals surface area contributed by atoms with Crippen LogP contribution in [0.2, 0.25) is 0 Å². The zero-order chi connectivity index (χ0) is 18.9. The van der Waals surface area contributed by atoms with Crippen LogP contribution in [0.4, 0.5) is 5.82 Å². The predicted octanol–water partition coefficient (Wildman–Crippen LogP) is 4.30. The lowest BCUT2D eigenvalue weighted by atomic mass is 10.0. The summed E-state index contributed by atoms with van der Waals surface area (Å²) in [5.41, 5.74) is 3.04. The van der Waals surface area contributed by atoms with Gasteiger partial charge in [0.05, 0.1) is 18.3 Å². The fourth-order valence-corrected chi connectivity index (χ4v) is 3.46. The molecule has 0 radical (unpaired) electrons. The number of aromatic nitrogens is 2.